The van der Waals surface area contributed by atoms with Gasteiger partial charge in [-0.15, -0.1) is 0 Å². The predicted molar refractivity (Wildman–Crippen MR) is 345 cm³/mol. The summed E-state index contributed by atoms with van der Waals surface area (Å²) >= 11 is 0. The van der Waals surface area contributed by atoms with Gasteiger partial charge in [-0.05, 0) is 154 Å². The molecule has 39 heteroatoms. The van der Waals surface area contributed by atoms with Crippen molar-refractivity contribution >= 4 is 152 Å². The van der Waals surface area contributed by atoms with Crippen molar-refractivity contribution in [3.8, 4) is 0 Å². The smallest absolute Gasteiger partial charge is 0.323 e. The van der Waals surface area contributed by atoms with Crippen LogP contribution in [0.15, 0.2) is 163 Å². The summed E-state index contributed by atoms with van der Waals surface area (Å²) in [4.78, 5) is 70.9. The van der Waals surface area contributed by atoms with Gasteiger partial charge in [-0.3, -0.25) is 51.3 Å². The molecule has 96 heavy (non-hydrogen) atoms. The summed E-state index contributed by atoms with van der Waals surface area (Å²) in [6.07, 6.45) is 2.16. The molecule has 0 unspecified atom stereocenters. The molecule has 0 aliphatic heterocycles. The van der Waals surface area contributed by atoms with Crippen molar-refractivity contribution in [1.82, 2.24) is 0 Å². The number of hydrogen-bond donors (Lipinski definition) is 15. The van der Waals surface area contributed by atoms with E-state index in [1.165, 1.54) is 84.9 Å². The van der Waals surface area contributed by atoms with E-state index in [1.807, 2.05) is 0 Å². The first-order valence-corrected chi connectivity index (χ1v) is 35.6. The standard InChI is InChI=1S/C51H40N6O23S6.C6H14N2O2/c1-25-9-11-29(49(60)54-37-13-15-41(83(69,70)71)35-21-33(81(63,64)65)23-43(45(35)37)85(75,76)77)19-39(25)56-47(58)27-5-3-7-31(17-27)52-51(62)53-32-8-4-6-28(18-32)48(59)57-40-20-30(12-10-26(40)2)50(61)55-38-14-16-42(84(72,73)74)36-22-34(82(66,67)68)24-44(46(36)38)86(78,79)80;7-4-2-1-3-5(8)6(9)10/h3-24H,1-2H3,(H,54,60)(H,55,61)(H,56,58)(H,57,59)(H2,52,53,62)(H,63,64,65)(H,66,67,68)(H,69,70,71)(H,72,73,74)(H,75,76,77)(H,78,79,80);5H,1-4,7-8H2,(H,9,10)/t;5-/m.0/s1. The molecule has 33 nitrogen and oxygen atoms in total. The van der Waals surface area contributed by atoms with Crippen molar-refractivity contribution in [3.05, 3.63) is 167 Å². The Labute approximate surface area is 545 Å². The Kier molecular flexibility index (Phi) is 22.0. The number of rotatable bonds is 21. The Balaban J connectivity index is 0.00000120. The summed E-state index contributed by atoms with van der Waals surface area (Å²) in [7, 11) is -31.9. The van der Waals surface area contributed by atoms with Gasteiger partial charge in [0.25, 0.3) is 84.3 Å². The molecule has 0 aliphatic carbocycles. The van der Waals surface area contributed by atoms with Crippen LogP contribution in [0.1, 0.15) is 71.8 Å². The van der Waals surface area contributed by atoms with Crippen molar-refractivity contribution < 1.29 is 112 Å². The van der Waals surface area contributed by atoms with Crippen LogP contribution in [-0.4, -0.2) is 131 Å². The lowest BCUT2D eigenvalue weighted by Gasteiger charge is -2.16. The van der Waals surface area contributed by atoms with E-state index >= 15 is 0 Å². The molecule has 8 aromatic rings. The number of fused-ring (bicyclic) bond motifs is 2. The number of hydrogen-bond acceptors (Lipinski definition) is 20. The highest BCUT2D eigenvalue weighted by Crippen LogP contribution is 2.39. The molecule has 0 aliphatic rings. The highest BCUT2D eigenvalue weighted by molar-refractivity contribution is 7.88. The van der Waals surface area contributed by atoms with Crippen LogP contribution in [0.5, 0.6) is 0 Å². The van der Waals surface area contributed by atoms with Gasteiger partial charge in [0, 0.05) is 66.5 Å². The summed E-state index contributed by atoms with van der Waals surface area (Å²) in [5.41, 5.74) is 10.0. The third-order valence-corrected chi connectivity index (χ3v) is 19.0. The lowest BCUT2D eigenvalue weighted by molar-refractivity contribution is -0.138. The Morgan fingerprint density at radius 3 is 1.06 bits per heavy atom. The molecule has 0 radical (unpaired) electrons. The highest BCUT2D eigenvalue weighted by atomic mass is 32.2. The van der Waals surface area contributed by atoms with Crippen molar-refractivity contribution in [2.75, 3.05) is 38.4 Å². The number of amides is 6. The number of nitrogens with one attached hydrogen (secondary N) is 6. The molecular formula is C57H54N8O25S6. The van der Waals surface area contributed by atoms with Crippen molar-refractivity contribution in [1.29, 1.82) is 0 Å². The van der Waals surface area contributed by atoms with E-state index < -0.39 is 165 Å². The van der Waals surface area contributed by atoms with E-state index in [1.54, 1.807) is 13.8 Å². The summed E-state index contributed by atoms with van der Waals surface area (Å²) < 4.78 is 206. The van der Waals surface area contributed by atoms with Gasteiger partial charge in [0.15, 0.2) is 0 Å². The van der Waals surface area contributed by atoms with Gasteiger partial charge < -0.3 is 48.5 Å². The number of aryl methyl sites for hydroxylation is 2. The minimum atomic E-state index is -5.45. The van der Waals surface area contributed by atoms with Gasteiger partial charge in [-0.2, -0.15) is 50.5 Å². The maximum atomic E-state index is 13.7. The molecule has 8 aromatic carbocycles. The molecule has 0 saturated heterocycles. The van der Waals surface area contributed by atoms with Gasteiger partial charge in [0.2, 0.25) is 0 Å². The number of aliphatic carboxylic acids is 1. The number of carboxylic acid groups (broad SMARTS) is 1. The predicted octanol–water partition coefficient (Wildman–Crippen LogP) is 6.27. The van der Waals surface area contributed by atoms with E-state index in [2.05, 4.69) is 31.9 Å². The number of urea groups is 1. The van der Waals surface area contributed by atoms with Crippen LogP contribution in [0.2, 0.25) is 0 Å². The lowest BCUT2D eigenvalue weighted by atomic mass is 10.1. The van der Waals surface area contributed by atoms with Crippen molar-refractivity contribution in [2.24, 2.45) is 11.5 Å². The number of anilines is 6. The number of carbonyl (C=O) groups excluding carboxylic acids is 5. The SMILES string of the molecule is Cc1ccc(C(=O)Nc2ccc(S(=O)(=O)O)c3cc(S(=O)(=O)O)cc(S(=O)(=O)O)c23)cc1NC(=O)c1cccc(NC(=O)Nc2cccc(C(=O)Nc3cc(C(=O)Nc4ccc(S(=O)(=O)O)c5cc(S(=O)(=O)O)cc(S(=O)(=O)O)c45)ccc3C)c2)c1.NCCCC[C@H](N)C(=O)O. The molecule has 508 valence electrons. The summed E-state index contributed by atoms with van der Waals surface area (Å²) in [6.45, 7) is 3.72. The maximum Gasteiger partial charge on any atom is 0.323 e. The maximum absolute atomic E-state index is 13.7. The van der Waals surface area contributed by atoms with Gasteiger partial charge in [-0.25, -0.2) is 4.79 Å². The summed E-state index contributed by atoms with van der Waals surface area (Å²) in [5.74, 6) is -4.50. The summed E-state index contributed by atoms with van der Waals surface area (Å²) in [6, 6.07) is 21.8. The fraction of sp³-hybridized carbons (Fsp3) is 0.123. The average molecular weight is 1440 g/mol. The van der Waals surface area contributed by atoms with Crippen LogP contribution in [0.3, 0.4) is 0 Å². The summed E-state index contributed by atoms with van der Waals surface area (Å²) in [5, 5.41) is 20.1. The molecule has 0 fully saturated rings. The first-order valence-electron chi connectivity index (χ1n) is 27.0. The molecule has 0 bridgehead atoms. The number of carboxylic acids is 1. The quantitative estimate of drug-likeness (QED) is 0.0278. The molecule has 17 N–H and O–H groups in total. The van der Waals surface area contributed by atoms with Crippen molar-refractivity contribution in [3.63, 3.8) is 0 Å². The van der Waals surface area contributed by atoms with E-state index in [-0.39, 0.29) is 45.0 Å². The van der Waals surface area contributed by atoms with E-state index in [0.29, 0.717) is 60.5 Å². The molecule has 0 saturated carbocycles. The highest BCUT2D eigenvalue weighted by Gasteiger charge is 2.30. The first kappa shape index (κ1) is 73.7. The van der Waals surface area contributed by atoms with Gasteiger partial charge in [0.1, 0.15) is 25.6 Å². The second-order valence-corrected chi connectivity index (χ2v) is 29.0. The van der Waals surface area contributed by atoms with Crippen molar-refractivity contribution in [2.45, 2.75) is 68.5 Å². The second kappa shape index (κ2) is 28.7. The Morgan fingerprint density at radius 1 is 0.396 bits per heavy atom. The fourth-order valence-corrected chi connectivity index (χ4v) is 13.2. The fourth-order valence-electron chi connectivity index (χ4n) is 9.13. The second-order valence-electron chi connectivity index (χ2n) is 20.6. The van der Waals surface area contributed by atoms with Gasteiger partial charge in [-0.1, -0.05) is 30.7 Å². The number of benzene rings is 8. The Bertz CT molecular complexity index is 4980. The van der Waals surface area contributed by atoms with Crippen LogP contribution < -0.4 is 43.4 Å². The Hall–Kier alpha value is -9.72. The van der Waals surface area contributed by atoms with Crippen LogP contribution >= 0.6 is 0 Å². The normalized spacial score (nSPS) is 12.4. The molecule has 1 atom stereocenters. The van der Waals surface area contributed by atoms with Crippen LogP contribution in [0, 0.1) is 13.8 Å². The monoisotopic (exact) mass is 1440 g/mol. The van der Waals surface area contributed by atoms with Crippen LogP contribution in [0.25, 0.3) is 21.5 Å². The largest absolute Gasteiger partial charge is 0.480 e. The minimum Gasteiger partial charge on any atom is -0.480 e. The zero-order valence-electron chi connectivity index (χ0n) is 49.2. The first-order chi connectivity index (χ1) is 44.5. The minimum absolute atomic E-state index is 0.0223. The van der Waals surface area contributed by atoms with E-state index in [0.717, 1.165) is 25.0 Å². The van der Waals surface area contributed by atoms with E-state index in [4.69, 9.17) is 16.6 Å². The Morgan fingerprint density at radius 2 is 0.740 bits per heavy atom. The van der Waals surface area contributed by atoms with Crippen LogP contribution in [0.4, 0.5) is 38.9 Å². The molecule has 8 rings (SSSR count). The average Bonchev–Trinajstić information content (AvgIpc) is 0.748. The lowest BCUT2D eigenvalue weighted by Crippen LogP contribution is -2.29. The number of nitrogens with two attached hydrogens (primary N) is 2. The third-order valence-electron chi connectivity index (χ3n) is 13.8. The van der Waals surface area contributed by atoms with E-state index in [9.17, 15) is 107 Å². The third kappa shape index (κ3) is 18.2. The van der Waals surface area contributed by atoms with Gasteiger partial charge in [0.05, 0.1) is 21.2 Å². The van der Waals surface area contributed by atoms with Crippen LogP contribution in [-0.2, 0) is 65.5 Å². The van der Waals surface area contributed by atoms with Gasteiger partial charge >= 0.3 is 12.0 Å². The number of unbranched alkanes of at least 4 members (excludes halogenated alkanes) is 1. The zero-order chi connectivity index (χ0) is 71.4. The topological polar surface area (TPSA) is 573 Å². The molecule has 0 heterocycles. The number of carbonyl (C=O) groups is 6. The molecular weight excluding hydrogens is 1390 g/mol. The zero-order valence-corrected chi connectivity index (χ0v) is 54.1. The molecule has 6 amide bonds. The molecule has 0 spiro atoms. The molecule has 0 aromatic heterocycles.